The van der Waals surface area contributed by atoms with Crippen molar-refractivity contribution in [3.8, 4) is 0 Å². The Kier molecular flexibility index (Phi) is 9.42. The molecule has 1 saturated heterocycles. The van der Waals surface area contributed by atoms with Gasteiger partial charge in [0.25, 0.3) is 0 Å². The molecule has 0 atom stereocenters. The van der Waals surface area contributed by atoms with Gasteiger partial charge in [0.05, 0.1) is 6.10 Å². The molecule has 18 heavy (non-hydrogen) atoms. The third-order valence-corrected chi connectivity index (χ3v) is 3.07. The normalized spacial score (nSPS) is 16.4. The highest BCUT2D eigenvalue weighted by molar-refractivity contribution is 5.85. The quantitative estimate of drug-likeness (QED) is 0.806. The predicted octanol–water partition coefficient (Wildman–Crippen LogP) is 1.82. The van der Waals surface area contributed by atoms with Crippen molar-refractivity contribution in [2.75, 3.05) is 26.2 Å². The van der Waals surface area contributed by atoms with Crippen LogP contribution in [-0.4, -0.2) is 49.2 Å². The highest BCUT2D eigenvalue weighted by Crippen LogP contribution is 2.13. The smallest absolute Gasteiger partial charge is 0.248 e. The lowest BCUT2D eigenvalue weighted by atomic mass is 10.0. The summed E-state index contributed by atoms with van der Waals surface area (Å²) in [4.78, 5) is 14.1. The Labute approximate surface area is 117 Å². The van der Waals surface area contributed by atoms with E-state index in [1.165, 1.54) is 0 Å². The van der Waals surface area contributed by atoms with Crippen molar-refractivity contribution in [1.29, 1.82) is 0 Å². The molecule has 0 unspecified atom stereocenters. The van der Waals surface area contributed by atoms with Crippen LogP contribution in [0.2, 0.25) is 0 Å². The molecule has 4 nitrogen and oxygen atoms in total. The van der Waals surface area contributed by atoms with Crippen molar-refractivity contribution in [2.24, 2.45) is 0 Å². The number of ether oxygens (including phenoxy) is 1. The van der Waals surface area contributed by atoms with Gasteiger partial charge in [-0.15, -0.1) is 12.4 Å². The average molecular weight is 279 g/mol. The van der Waals surface area contributed by atoms with Crippen LogP contribution >= 0.6 is 12.4 Å². The molecular formula is C13H27ClN2O2. The largest absolute Gasteiger partial charge is 0.369 e. The molecule has 0 bridgehead atoms. The van der Waals surface area contributed by atoms with Gasteiger partial charge >= 0.3 is 0 Å². The monoisotopic (exact) mass is 278 g/mol. The minimum absolute atomic E-state index is 0. The van der Waals surface area contributed by atoms with E-state index in [-0.39, 0.29) is 31.0 Å². The summed E-state index contributed by atoms with van der Waals surface area (Å²) >= 11 is 0. The van der Waals surface area contributed by atoms with Crippen LogP contribution in [0.1, 0.15) is 40.0 Å². The Bertz CT molecular complexity index is 231. The molecule has 1 aliphatic heterocycles. The molecular weight excluding hydrogens is 252 g/mol. The van der Waals surface area contributed by atoms with Crippen LogP contribution in [0.5, 0.6) is 0 Å². The first-order valence-electron chi connectivity index (χ1n) is 6.77. The number of halogens is 1. The lowest BCUT2D eigenvalue weighted by Gasteiger charge is -2.34. The van der Waals surface area contributed by atoms with Crippen molar-refractivity contribution in [2.45, 2.75) is 52.2 Å². The topological polar surface area (TPSA) is 41.6 Å². The molecule has 5 heteroatoms. The van der Waals surface area contributed by atoms with Crippen molar-refractivity contribution in [1.82, 2.24) is 10.2 Å². The Hall–Kier alpha value is -0.320. The highest BCUT2D eigenvalue weighted by Gasteiger charge is 2.24. The number of carbonyl (C=O) groups is 1. The second-order valence-electron chi connectivity index (χ2n) is 4.93. The minimum atomic E-state index is 0. The summed E-state index contributed by atoms with van der Waals surface area (Å²) in [5.41, 5.74) is 0. The van der Waals surface area contributed by atoms with Crippen molar-refractivity contribution in [3.05, 3.63) is 0 Å². The third-order valence-electron chi connectivity index (χ3n) is 3.07. The van der Waals surface area contributed by atoms with Gasteiger partial charge in [-0.25, -0.2) is 0 Å². The Morgan fingerprint density at radius 2 is 2.00 bits per heavy atom. The molecule has 0 radical (unpaired) electrons. The number of rotatable bonds is 6. The molecule has 0 aromatic carbocycles. The van der Waals surface area contributed by atoms with E-state index in [4.69, 9.17) is 4.74 Å². The zero-order valence-electron chi connectivity index (χ0n) is 11.8. The summed E-state index contributed by atoms with van der Waals surface area (Å²) < 4.78 is 5.41. The molecule has 1 fully saturated rings. The summed E-state index contributed by atoms with van der Waals surface area (Å²) in [5.74, 6) is 0.146. The Morgan fingerprint density at radius 1 is 1.39 bits per heavy atom. The summed E-state index contributed by atoms with van der Waals surface area (Å²) in [6, 6.07) is 0.402. The van der Waals surface area contributed by atoms with Crippen molar-refractivity contribution < 1.29 is 9.53 Å². The third kappa shape index (κ3) is 6.03. The van der Waals surface area contributed by atoms with Gasteiger partial charge in [-0.3, -0.25) is 4.79 Å². The second kappa shape index (κ2) is 9.59. The van der Waals surface area contributed by atoms with E-state index in [1.807, 2.05) is 18.7 Å². The first-order chi connectivity index (χ1) is 8.15. The first-order valence-corrected chi connectivity index (χ1v) is 6.77. The summed E-state index contributed by atoms with van der Waals surface area (Å²) in [7, 11) is 0. The van der Waals surface area contributed by atoms with E-state index in [0.717, 1.165) is 38.9 Å². The number of hydrogen-bond donors (Lipinski definition) is 1. The number of carbonyl (C=O) groups excluding carboxylic acids is 1. The van der Waals surface area contributed by atoms with E-state index in [1.54, 1.807) is 0 Å². The maximum Gasteiger partial charge on any atom is 0.248 e. The maximum absolute atomic E-state index is 12.1. The van der Waals surface area contributed by atoms with Crippen LogP contribution in [0, 0.1) is 0 Å². The van der Waals surface area contributed by atoms with Crippen molar-refractivity contribution in [3.63, 3.8) is 0 Å². The van der Waals surface area contributed by atoms with Gasteiger partial charge in [0, 0.05) is 12.6 Å². The predicted molar refractivity (Wildman–Crippen MR) is 76.2 cm³/mol. The SMILES string of the molecule is CCCN(C(=O)COC(C)C)C1CCNCC1.Cl. The summed E-state index contributed by atoms with van der Waals surface area (Å²) in [6.45, 7) is 9.15. The van der Waals surface area contributed by atoms with Crippen LogP contribution in [0.4, 0.5) is 0 Å². The number of amides is 1. The van der Waals surface area contributed by atoms with Gasteiger partial charge in [-0.2, -0.15) is 0 Å². The minimum Gasteiger partial charge on any atom is -0.369 e. The molecule has 108 valence electrons. The van der Waals surface area contributed by atoms with Crippen molar-refractivity contribution >= 4 is 18.3 Å². The zero-order valence-corrected chi connectivity index (χ0v) is 12.6. The van der Waals surface area contributed by atoms with E-state index >= 15 is 0 Å². The standard InChI is InChI=1S/C13H26N2O2.ClH/c1-4-9-15(12-5-7-14-8-6-12)13(16)10-17-11(2)3;/h11-12,14H,4-10H2,1-3H3;1H. The lowest BCUT2D eigenvalue weighted by molar-refractivity contribution is -0.140. The van der Waals surface area contributed by atoms with E-state index in [2.05, 4.69) is 12.2 Å². The molecule has 1 heterocycles. The second-order valence-corrected chi connectivity index (χ2v) is 4.93. The lowest BCUT2D eigenvalue weighted by Crippen LogP contribution is -2.47. The molecule has 0 saturated carbocycles. The molecule has 0 aromatic heterocycles. The summed E-state index contributed by atoms with van der Waals surface area (Å²) in [5, 5.41) is 3.33. The molecule has 1 aliphatic rings. The molecule has 0 spiro atoms. The van der Waals surface area contributed by atoms with E-state index < -0.39 is 0 Å². The fraction of sp³-hybridized carbons (Fsp3) is 0.923. The highest BCUT2D eigenvalue weighted by atomic mass is 35.5. The maximum atomic E-state index is 12.1. The molecule has 1 rings (SSSR count). The van der Waals surface area contributed by atoms with Crippen LogP contribution < -0.4 is 5.32 Å². The van der Waals surface area contributed by atoms with Crippen LogP contribution in [0.25, 0.3) is 0 Å². The Morgan fingerprint density at radius 3 is 2.50 bits per heavy atom. The fourth-order valence-corrected chi connectivity index (χ4v) is 2.19. The van der Waals surface area contributed by atoms with Crippen LogP contribution in [-0.2, 0) is 9.53 Å². The molecule has 0 aliphatic carbocycles. The van der Waals surface area contributed by atoms with Crippen LogP contribution in [0.3, 0.4) is 0 Å². The van der Waals surface area contributed by atoms with E-state index in [0.29, 0.717) is 6.04 Å². The van der Waals surface area contributed by atoms with Gasteiger partial charge in [0.15, 0.2) is 0 Å². The van der Waals surface area contributed by atoms with Gasteiger partial charge in [0.2, 0.25) is 5.91 Å². The first kappa shape index (κ1) is 17.7. The van der Waals surface area contributed by atoms with Gasteiger partial charge < -0.3 is 15.0 Å². The molecule has 0 aromatic rings. The van der Waals surface area contributed by atoms with Crippen LogP contribution in [0.15, 0.2) is 0 Å². The molecule has 1 amide bonds. The number of nitrogens with one attached hydrogen (secondary N) is 1. The number of nitrogens with zero attached hydrogens (tertiary/aromatic N) is 1. The van der Waals surface area contributed by atoms with Gasteiger partial charge in [-0.1, -0.05) is 6.92 Å². The number of hydrogen-bond acceptors (Lipinski definition) is 3. The van der Waals surface area contributed by atoms with Gasteiger partial charge in [0.1, 0.15) is 6.61 Å². The number of piperidine rings is 1. The van der Waals surface area contributed by atoms with E-state index in [9.17, 15) is 4.79 Å². The average Bonchev–Trinajstić information content (AvgIpc) is 2.34. The Balaban J connectivity index is 0.00000289. The molecule has 1 N–H and O–H groups in total. The van der Waals surface area contributed by atoms with Gasteiger partial charge in [-0.05, 0) is 46.2 Å². The summed E-state index contributed by atoms with van der Waals surface area (Å²) in [6.07, 6.45) is 3.26. The zero-order chi connectivity index (χ0) is 12.7. The fourth-order valence-electron chi connectivity index (χ4n) is 2.19.